The van der Waals surface area contributed by atoms with Crippen molar-refractivity contribution in [2.45, 2.75) is 32.7 Å². The zero-order valence-electron chi connectivity index (χ0n) is 10.3. The number of carboxylic acid groups (broad SMARTS) is 1. The van der Waals surface area contributed by atoms with Gasteiger partial charge in [0.05, 0.1) is 6.42 Å². The van der Waals surface area contributed by atoms with Crippen LogP contribution in [0.25, 0.3) is 0 Å². The van der Waals surface area contributed by atoms with Crippen molar-refractivity contribution in [2.75, 3.05) is 13.1 Å². The van der Waals surface area contributed by atoms with Crippen LogP contribution in [0.2, 0.25) is 0 Å². The van der Waals surface area contributed by atoms with Gasteiger partial charge in [-0.05, 0) is 20.8 Å². The van der Waals surface area contributed by atoms with E-state index in [0.29, 0.717) is 6.54 Å². The topological polar surface area (TPSA) is 113 Å². The summed E-state index contributed by atoms with van der Waals surface area (Å²) in [6, 6.07) is -0.502. The molecule has 0 saturated heterocycles. The zero-order chi connectivity index (χ0) is 13.6. The van der Waals surface area contributed by atoms with Crippen molar-refractivity contribution >= 4 is 17.9 Å². The summed E-state index contributed by atoms with van der Waals surface area (Å²) in [5, 5.41) is 11.2. The largest absolute Gasteiger partial charge is 0.481 e. The van der Waals surface area contributed by atoms with Gasteiger partial charge in [-0.25, -0.2) is 4.79 Å². The number of carbonyl (C=O) groups excluding carboxylic acids is 2. The van der Waals surface area contributed by atoms with Gasteiger partial charge in [-0.3, -0.25) is 9.59 Å². The normalized spacial score (nSPS) is 10.8. The molecule has 0 aliphatic heterocycles. The number of primary amides is 1. The van der Waals surface area contributed by atoms with Crippen LogP contribution >= 0.6 is 0 Å². The molecule has 3 amide bonds. The molecule has 0 saturated carbocycles. The third-order valence-electron chi connectivity index (χ3n) is 2.05. The maximum atomic E-state index is 11.7. The van der Waals surface area contributed by atoms with Gasteiger partial charge in [0.2, 0.25) is 5.91 Å². The molecule has 0 aliphatic carbocycles. The monoisotopic (exact) mass is 245 g/mol. The van der Waals surface area contributed by atoms with Crippen molar-refractivity contribution in [3.63, 3.8) is 0 Å². The fourth-order valence-electron chi connectivity index (χ4n) is 1.31. The molecule has 0 atom stereocenters. The Bertz CT molecular complexity index is 315. The van der Waals surface area contributed by atoms with Gasteiger partial charge in [0.1, 0.15) is 6.54 Å². The smallest absolute Gasteiger partial charge is 0.318 e. The number of hydrogen-bond acceptors (Lipinski definition) is 3. The summed E-state index contributed by atoms with van der Waals surface area (Å²) in [5.74, 6) is -1.62. The molecule has 0 radical (unpaired) electrons. The van der Waals surface area contributed by atoms with Gasteiger partial charge in [-0.15, -0.1) is 0 Å². The number of nitrogens with zero attached hydrogens (tertiary/aromatic N) is 1. The molecule has 7 heteroatoms. The number of nitrogens with two attached hydrogens (primary N) is 1. The first kappa shape index (κ1) is 15.2. The molecule has 0 aromatic heterocycles. The first-order chi connectivity index (χ1) is 7.68. The van der Waals surface area contributed by atoms with E-state index in [0.717, 1.165) is 0 Å². The van der Waals surface area contributed by atoms with Crippen molar-refractivity contribution in [1.82, 2.24) is 10.2 Å². The van der Waals surface area contributed by atoms with Crippen molar-refractivity contribution < 1.29 is 19.5 Å². The molecule has 0 unspecified atom stereocenters. The van der Waals surface area contributed by atoms with Crippen molar-refractivity contribution in [3.8, 4) is 0 Å². The molecule has 0 aromatic rings. The highest BCUT2D eigenvalue weighted by Crippen LogP contribution is 2.08. The van der Waals surface area contributed by atoms with Gasteiger partial charge in [-0.2, -0.15) is 0 Å². The Morgan fingerprint density at radius 2 is 1.88 bits per heavy atom. The minimum atomic E-state index is -1.01. The van der Waals surface area contributed by atoms with Gasteiger partial charge in [0, 0.05) is 12.1 Å². The first-order valence-corrected chi connectivity index (χ1v) is 5.25. The van der Waals surface area contributed by atoms with E-state index in [1.165, 1.54) is 4.90 Å². The van der Waals surface area contributed by atoms with Crippen molar-refractivity contribution in [2.24, 2.45) is 5.73 Å². The quantitative estimate of drug-likeness (QED) is 0.599. The molecule has 98 valence electrons. The summed E-state index contributed by atoms with van der Waals surface area (Å²) in [4.78, 5) is 34.2. The van der Waals surface area contributed by atoms with E-state index in [4.69, 9.17) is 10.8 Å². The van der Waals surface area contributed by atoms with Gasteiger partial charge < -0.3 is 21.1 Å². The average Bonchev–Trinajstić information content (AvgIpc) is 2.10. The maximum absolute atomic E-state index is 11.7. The lowest BCUT2D eigenvalue weighted by molar-refractivity contribution is -0.138. The lowest BCUT2D eigenvalue weighted by Gasteiger charge is -2.28. The van der Waals surface area contributed by atoms with E-state index in [1.807, 2.05) is 0 Å². The first-order valence-electron chi connectivity index (χ1n) is 5.25. The Morgan fingerprint density at radius 3 is 2.24 bits per heavy atom. The summed E-state index contributed by atoms with van der Waals surface area (Å²) in [6.45, 7) is 5.02. The van der Waals surface area contributed by atoms with Crippen molar-refractivity contribution in [1.29, 1.82) is 0 Å². The molecule has 17 heavy (non-hydrogen) atoms. The van der Waals surface area contributed by atoms with Crippen LogP contribution in [-0.2, 0) is 9.59 Å². The predicted molar refractivity (Wildman–Crippen MR) is 61.3 cm³/mol. The lowest BCUT2D eigenvalue weighted by atomic mass is 10.0. The van der Waals surface area contributed by atoms with Crippen LogP contribution in [0.15, 0.2) is 0 Å². The van der Waals surface area contributed by atoms with E-state index >= 15 is 0 Å². The molecule has 0 spiro atoms. The van der Waals surface area contributed by atoms with E-state index in [9.17, 15) is 14.4 Å². The fraction of sp³-hybridized carbons (Fsp3) is 0.700. The number of urea groups is 1. The Kier molecular flexibility index (Phi) is 5.43. The molecule has 7 nitrogen and oxygen atoms in total. The Morgan fingerprint density at radius 1 is 1.35 bits per heavy atom. The number of carbonyl (C=O) groups is 3. The van der Waals surface area contributed by atoms with Gasteiger partial charge >= 0.3 is 12.0 Å². The maximum Gasteiger partial charge on any atom is 0.318 e. The standard InChI is InChI=1S/C10H19N3O4/c1-4-13(6-7(11)14)9(17)12-10(2,3)5-8(15)16/h4-6H2,1-3H3,(H2,11,14)(H,12,17)(H,15,16). The molecule has 0 aromatic carbocycles. The summed E-state index contributed by atoms with van der Waals surface area (Å²) in [5.41, 5.74) is 4.12. The molecule has 0 bridgehead atoms. The molecule has 0 heterocycles. The van der Waals surface area contributed by atoms with Crippen LogP contribution in [0.4, 0.5) is 4.79 Å². The molecule has 4 N–H and O–H groups in total. The Hall–Kier alpha value is -1.79. The van der Waals surface area contributed by atoms with Crippen LogP contribution in [0.1, 0.15) is 27.2 Å². The summed E-state index contributed by atoms with van der Waals surface area (Å²) >= 11 is 0. The minimum Gasteiger partial charge on any atom is -0.481 e. The van der Waals surface area contributed by atoms with Gasteiger partial charge in [0.15, 0.2) is 0 Å². The van der Waals surface area contributed by atoms with Crippen molar-refractivity contribution in [3.05, 3.63) is 0 Å². The third kappa shape index (κ3) is 6.39. The van der Waals surface area contributed by atoms with Crippen LogP contribution in [-0.4, -0.2) is 46.5 Å². The minimum absolute atomic E-state index is 0.189. The predicted octanol–water partition coefficient (Wildman–Crippen LogP) is -0.243. The second-order valence-corrected chi connectivity index (χ2v) is 4.37. The van der Waals surface area contributed by atoms with E-state index < -0.39 is 23.4 Å². The molecule has 0 fully saturated rings. The van der Waals surface area contributed by atoms with Gasteiger partial charge in [0.25, 0.3) is 0 Å². The number of hydrogen-bond donors (Lipinski definition) is 3. The van der Waals surface area contributed by atoms with Crippen LogP contribution in [0.3, 0.4) is 0 Å². The highest BCUT2D eigenvalue weighted by atomic mass is 16.4. The van der Waals surface area contributed by atoms with Gasteiger partial charge in [-0.1, -0.05) is 0 Å². The SMILES string of the molecule is CCN(CC(N)=O)C(=O)NC(C)(C)CC(=O)O. The molecule has 0 aliphatic rings. The Balaban J connectivity index is 4.49. The molecular weight excluding hydrogens is 226 g/mol. The summed E-state index contributed by atoms with van der Waals surface area (Å²) in [6.07, 6.45) is -0.202. The van der Waals surface area contributed by atoms with E-state index in [1.54, 1.807) is 20.8 Å². The second kappa shape index (κ2) is 6.07. The second-order valence-electron chi connectivity index (χ2n) is 4.37. The number of amides is 3. The van der Waals surface area contributed by atoms with E-state index in [-0.39, 0.29) is 13.0 Å². The average molecular weight is 245 g/mol. The summed E-state index contributed by atoms with van der Waals surface area (Å²) in [7, 11) is 0. The number of carboxylic acids is 1. The molecular formula is C10H19N3O4. The number of aliphatic carboxylic acids is 1. The van der Waals surface area contributed by atoms with Crippen LogP contribution in [0, 0.1) is 0 Å². The number of rotatable bonds is 6. The number of nitrogens with one attached hydrogen (secondary N) is 1. The third-order valence-corrected chi connectivity index (χ3v) is 2.05. The highest BCUT2D eigenvalue weighted by molar-refractivity contribution is 5.83. The van der Waals surface area contributed by atoms with Crippen LogP contribution < -0.4 is 11.1 Å². The highest BCUT2D eigenvalue weighted by Gasteiger charge is 2.26. The number of likely N-dealkylation sites (N-methyl/N-ethyl adjacent to an activating group) is 1. The van der Waals surface area contributed by atoms with Crippen LogP contribution in [0.5, 0.6) is 0 Å². The van der Waals surface area contributed by atoms with E-state index in [2.05, 4.69) is 5.32 Å². The zero-order valence-corrected chi connectivity index (χ0v) is 10.3. The molecule has 0 rings (SSSR count). The summed E-state index contributed by atoms with van der Waals surface area (Å²) < 4.78 is 0. The fourth-order valence-corrected chi connectivity index (χ4v) is 1.31. The lowest BCUT2D eigenvalue weighted by Crippen LogP contribution is -2.52. The Labute approximate surface area is 100.0 Å².